The molecule has 1 amide bonds. The van der Waals surface area contributed by atoms with E-state index < -0.39 is 5.97 Å². The Labute approximate surface area is 158 Å². The number of carbonyl (C=O) groups excluding carboxylic acids is 1. The largest absolute Gasteiger partial charge is 0.481 e. The van der Waals surface area contributed by atoms with E-state index in [2.05, 4.69) is 4.98 Å². The van der Waals surface area contributed by atoms with Crippen molar-refractivity contribution in [2.75, 3.05) is 20.2 Å². The van der Waals surface area contributed by atoms with Crippen molar-refractivity contribution in [3.05, 3.63) is 59.8 Å². The number of piperidine rings is 1. The number of benzene rings is 1. The number of likely N-dealkylation sites (tertiary alicyclic amines) is 1. The summed E-state index contributed by atoms with van der Waals surface area (Å²) in [6.45, 7) is 1.25. The standard InChI is InChI=1S/C21H24N2O4/c1-27-19-8-7-17(14-22-19)21(26)23-11-9-16(10-12-23)18(13-20(24)25)15-5-3-2-4-6-15/h2-8,14,16,18H,9-13H2,1H3,(H,24,25)/t18-/m1/s1. The lowest BCUT2D eigenvalue weighted by molar-refractivity contribution is -0.137. The van der Waals surface area contributed by atoms with Crippen molar-refractivity contribution in [1.82, 2.24) is 9.88 Å². The maximum atomic E-state index is 12.7. The minimum atomic E-state index is -0.785. The molecule has 0 bridgehead atoms. The van der Waals surface area contributed by atoms with E-state index in [9.17, 15) is 14.7 Å². The summed E-state index contributed by atoms with van der Waals surface area (Å²) in [6, 6.07) is 13.2. The van der Waals surface area contributed by atoms with Crippen LogP contribution in [-0.2, 0) is 4.79 Å². The Kier molecular flexibility index (Phi) is 6.06. The maximum Gasteiger partial charge on any atom is 0.303 e. The second kappa shape index (κ2) is 8.66. The zero-order valence-electron chi connectivity index (χ0n) is 15.4. The number of rotatable bonds is 6. The zero-order chi connectivity index (χ0) is 19.2. The van der Waals surface area contributed by atoms with Crippen LogP contribution in [0.4, 0.5) is 0 Å². The number of ether oxygens (including phenoxy) is 1. The first kappa shape index (κ1) is 18.9. The van der Waals surface area contributed by atoms with Crippen LogP contribution in [0.15, 0.2) is 48.7 Å². The fourth-order valence-electron chi connectivity index (χ4n) is 3.76. The average molecular weight is 368 g/mol. The topological polar surface area (TPSA) is 79.7 Å². The Hall–Kier alpha value is -2.89. The van der Waals surface area contributed by atoms with Gasteiger partial charge < -0.3 is 14.7 Å². The lowest BCUT2D eigenvalue weighted by atomic mass is 9.78. The molecular formula is C21H24N2O4. The Bertz CT molecular complexity index is 769. The predicted octanol–water partition coefficient (Wildman–Crippen LogP) is 3.20. The molecular weight excluding hydrogens is 344 g/mol. The molecule has 0 unspecified atom stereocenters. The highest BCUT2D eigenvalue weighted by Gasteiger charge is 2.31. The second-order valence-electron chi connectivity index (χ2n) is 6.83. The molecule has 3 rings (SSSR count). The molecule has 6 nitrogen and oxygen atoms in total. The molecule has 2 heterocycles. The van der Waals surface area contributed by atoms with E-state index in [1.807, 2.05) is 35.2 Å². The normalized spacial score (nSPS) is 16.0. The van der Waals surface area contributed by atoms with Crippen LogP contribution in [0.5, 0.6) is 5.88 Å². The van der Waals surface area contributed by atoms with Gasteiger partial charge in [0.1, 0.15) is 0 Å². The van der Waals surface area contributed by atoms with E-state index >= 15 is 0 Å². The molecule has 1 fully saturated rings. The molecule has 1 aliphatic rings. The zero-order valence-corrected chi connectivity index (χ0v) is 15.4. The molecule has 2 aromatic rings. The van der Waals surface area contributed by atoms with Crippen LogP contribution >= 0.6 is 0 Å². The van der Waals surface area contributed by atoms with Crippen LogP contribution in [-0.4, -0.2) is 47.1 Å². The Morgan fingerprint density at radius 3 is 2.44 bits per heavy atom. The van der Waals surface area contributed by atoms with Gasteiger partial charge in [-0.2, -0.15) is 0 Å². The number of nitrogens with zero attached hydrogens (tertiary/aromatic N) is 2. The molecule has 1 N–H and O–H groups in total. The van der Waals surface area contributed by atoms with Gasteiger partial charge in [-0.1, -0.05) is 30.3 Å². The number of amides is 1. The van der Waals surface area contributed by atoms with Crippen molar-refractivity contribution in [1.29, 1.82) is 0 Å². The summed E-state index contributed by atoms with van der Waals surface area (Å²) in [7, 11) is 1.54. The molecule has 0 spiro atoms. The van der Waals surface area contributed by atoms with Crippen LogP contribution in [0.2, 0.25) is 0 Å². The van der Waals surface area contributed by atoms with E-state index in [1.165, 1.54) is 13.3 Å². The Morgan fingerprint density at radius 2 is 1.89 bits per heavy atom. The van der Waals surface area contributed by atoms with Gasteiger partial charge in [-0.3, -0.25) is 9.59 Å². The number of aromatic nitrogens is 1. The maximum absolute atomic E-state index is 12.7. The average Bonchev–Trinajstić information content (AvgIpc) is 2.72. The molecule has 0 aliphatic carbocycles. The molecule has 6 heteroatoms. The molecule has 1 aliphatic heterocycles. The predicted molar refractivity (Wildman–Crippen MR) is 101 cm³/mol. The summed E-state index contributed by atoms with van der Waals surface area (Å²) >= 11 is 0. The number of carboxylic acid groups (broad SMARTS) is 1. The minimum Gasteiger partial charge on any atom is -0.481 e. The summed E-state index contributed by atoms with van der Waals surface area (Å²) in [4.78, 5) is 29.9. The third kappa shape index (κ3) is 4.64. The fraction of sp³-hybridized carbons (Fsp3) is 0.381. The van der Waals surface area contributed by atoms with Crippen molar-refractivity contribution in [2.24, 2.45) is 5.92 Å². The summed E-state index contributed by atoms with van der Waals surface area (Å²) in [5.74, 6) is -0.125. The number of carboxylic acids is 1. The minimum absolute atomic E-state index is 0.0244. The van der Waals surface area contributed by atoms with Crippen molar-refractivity contribution in [3.8, 4) is 5.88 Å². The van der Waals surface area contributed by atoms with Crippen molar-refractivity contribution in [2.45, 2.75) is 25.2 Å². The van der Waals surface area contributed by atoms with Gasteiger partial charge in [0, 0.05) is 25.4 Å². The summed E-state index contributed by atoms with van der Waals surface area (Å²) < 4.78 is 5.02. The summed E-state index contributed by atoms with van der Waals surface area (Å²) in [6.07, 6.45) is 3.24. The molecule has 0 radical (unpaired) electrons. The van der Waals surface area contributed by atoms with Gasteiger partial charge >= 0.3 is 5.97 Å². The van der Waals surface area contributed by atoms with Crippen molar-refractivity contribution >= 4 is 11.9 Å². The van der Waals surface area contributed by atoms with Gasteiger partial charge in [0.15, 0.2) is 0 Å². The van der Waals surface area contributed by atoms with Crippen LogP contribution in [0.3, 0.4) is 0 Å². The highest BCUT2D eigenvalue weighted by molar-refractivity contribution is 5.94. The van der Waals surface area contributed by atoms with Gasteiger partial charge in [0.05, 0.1) is 19.1 Å². The second-order valence-corrected chi connectivity index (χ2v) is 6.83. The Morgan fingerprint density at radius 1 is 1.19 bits per heavy atom. The molecule has 1 saturated heterocycles. The van der Waals surface area contributed by atoms with Crippen LogP contribution in [0.1, 0.15) is 41.1 Å². The molecule has 1 aromatic heterocycles. The van der Waals surface area contributed by atoms with E-state index in [0.29, 0.717) is 24.5 Å². The summed E-state index contributed by atoms with van der Waals surface area (Å²) in [5, 5.41) is 9.33. The quantitative estimate of drug-likeness (QED) is 0.847. The summed E-state index contributed by atoms with van der Waals surface area (Å²) in [5.41, 5.74) is 1.60. The number of carbonyl (C=O) groups is 2. The number of aliphatic carboxylic acids is 1. The Balaban J connectivity index is 1.65. The fourth-order valence-corrected chi connectivity index (χ4v) is 3.76. The third-order valence-electron chi connectivity index (χ3n) is 5.21. The molecule has 142 valence electrons. The van der Waals surface area contributed by atoms with Gasteiger partial charge in [-0.15, -0.1) is 0 Å². The number of pyridine rings is 1. The van der Waals surface area contributed by atoms with Gasteiger partial charge in [0.25, 0.3) is 5.91 Å². The highest BCUT2D eigenvalue weighted by atomic mass is 16.5. The smallest absolute Gasteiger partial charge is 0.303 e. The van der Waals surface area contributed by atoms with Gasteiger partial charge in [-0.25, -0.2) is 4.98 Å². The SMILES string of the molecule is COc1ccc(C(=O)N2CCC([C@H](CC(=O)O)c3ccccc3)CC2)cn1. The highest BCUT2D eigenvalue weighted by Crippen LogP contribution is 2.35. The molecule has 1 aromatic carbocycles. The van der Waals surface area contributed by atoms with Crippen LogP contribution in [0, 0.1) is 5.92 Å². The van der Waals surface area contributed by atoms with E-state index in [1.54, 1.807) is 12.1 Å². The van der Waals surface area contributed by atoms with Crippen LogP contribution in [0.25, 0.3) is 0 Å². The number of hydrogen-bond acceptors (Lipinski definition) is 4. The molecule has 1 atom stereocenters. The van der Waals surface area contributed by atoms with E-state index in [4.69, 9.17) is 4.74 Å². The first-order chi connectivity index (χ1) is 13.1. The number of methoxy groups -OCH3 is 1. The first-order valence-electron chi connectivity index (χ1n) is 9.14. The third-order valence-corrected chi connectivity index (χ3v) is 5.21. The van der Waals surface area contributed by atoms with Gasteiger partial charge in [-0.05, 0) is 36.3 Å². The van der Waals surface area contributed by atoms with Gasteiger partial charge in [0.2, 0.25) is 5.88 Å². The monoisotopic (exact) mass is 368 g/mol. The lowest BCUT2D eigenvalue weighted by Gasteiger charge is -2.36. The molecule has 0 saturated carbocycles. The van der Waals surface area contributed by atoms with Crippen LogP contribution < -0.4 is 4.74 Å². The number of hydrogen-bond donors (Lipinski definition) is 1. The van der Waals surface area contributed by atoms with Crippen molar-refractivity contribution in [3.63, 3.8) is 0 Å². The van der Waals surface area contributed by atoms with E-state index in [-0.39, 0.29) is 24.2 Å². The van der Waals surface area contributed by atoms with E-state index in [0.717, 1.165) is 18.4 Å². The first-order valence-corrected chi connectivity index (χ1v) is 9.14. The van der Waals surface area contributed by atoms with Crippen molar-refractivity contribution < 1.29 is 19.4 Å². The lowest BCUT2D eigenvalue weighted by Crippen LogP contribution is -2.40. The molecule has 27 heavy (non-hydrogen) atoms.